The quantitative estimate of drug-likeness (QED) is 0.880. The van der Waals surface area contributed by atoms with E-state index in [1.165, 1.54) is 11.3 Å². The summed E-state index contributed by atoms with van der Waals surface area (Å²) in [6.45, 7) is 2.69. The van der Waals surface area contributed by atoms with Crippen LogP contribution >= 0.6 is 11.3 Å². The maximum absolute atomic E-state index is 8.70. The van der Waals surface area contributed by atoms with Crippen LogP contribution in [0.5, 0.6) is 0 Å². The Morgan fingerprint density at radius 2 is 2.25 bits per heavy atom. The molecule has 1 N–H and O–H groups in total. The van der Waals surface area contributed by atoms with Crippen LogP contribution in [0.25, 0.3) is 0 Å². The molecule has 16 heavy (non-hydrogen) atoms. The van der Waals surface area contributed by atoms with Gasteiger partial charge in [0.2, 0.25) is 0 Å². The summed E-state index contributed by atoms with van der Waals surface area (Å²) < 4.78 is 0. The molecule has 0 aromatic carbocycles. The highest BCUT2D eigenvalue weighted by Crippen LogP contribution is 2.16. The first kappa shape index (κ1) is 10.7. The number of thiophene rings is 1. The molecule has 0 aliphatic heterocycles. The van der Waals surface area contributed by atoms with E-state index < -0.39 is 0 Å². The third kappa shape index (κ3) is 2.59. The summed E-state index contributed by atoms with van der Waals surface area (Å²) in [6, 6.07) is 9.91. The fourth-order valence-electron chi connectivity index (χ4n) is 1.29. The number of anilines is 1. The van der Waals surface area contributed by atoms with Crippen molar-refractivity contribution in [3.8, 4) is 6.07 Å². The molecule has 2 rings (SSSR count). The van der Waals surface area contributed by atoms with E-state index in [1.54, 1.807) is 0 Å². The maximum atomic E-state index is 8.70. The van der Waals surface area contributed by atoms with Crippen molar-refractivity contribution in [2.45, 2.75) is 13.5 Å². The van der Waals surface area contributed by atoms with E-state index in [4.69, 9.17) is 5.26 Å². The summed E-state index contributed by atoms with van der Waals surface area (Å²) in [5, 5.41) is 12.0. The van der Waals surface area contributed by atoms with Gasteiger partial charge in [-0.2, -0.15) is 5.26 Å². The van der Waals surface area contributed by atoms with Crippen LogP contribution in [-0.2, 0) is 6.54 Å². The summed E-state index contributed by atoms with van der Waals surface area (Å²) in [7, 11) is 0. The first-order valence-electron chi connectivity index (χ1n) is 4.93. The third-order valence-corrected chi connectivity index (χ3v) is 3.14. The normalized spacial score (nSPS) is 9.75. The largest absolute Gasteiger partial charge is 0.379 e. The lowest BCUT2D eigenvalue weighted by atomic mass is 10.3. The topological polar surface area (TPSA) is 48.7 Å². The minimum atomic E-state index is 0.733. The standard InChI is InChI=1S/C12H11N3S/c1-9-2-3-10(7-14-9)15-8-12-5-4-11(6-13)16-12/h2-5,7,15H,8H2,1H3. The number of nitriles is 1. The molecule has 0 amide bonds. The second-order valence-corrected chi connectivity index (χ2v) is 4.59. The number of nitrogens with one attached hydrogen (secondary N) is 1. The van der Waals surface area contributed by atoms with Gasteiger partial charge in [0.25, 0.3) is 0 Å². The molecule has 0 saturated heterocycles. The molecule has 0 atom stereocenters. The van der Waals surface area contributed by atoms with Crippen molar-refractivity contribution < 1.29 is 0 Å². The van der Waals surface area contributed by atoms with Gasteiger partial charge in [-0.3, -0.25) is 4.98 Å². The van der Waals surface area contributed by atoms with Gasteiger partial charge in [0.1, 0.15) is 10.9 Å². The summed E-state index contributed by atoms with van der Waals surface area (Å²) in [6.07, 6.45) is 1.81. The SMILES string of the molecule is Cc1ccc(NCc2ccc(C#N)s2)cn1. The first-order valence-corrected chi connectivity index (χ1v) is 5.75. The molecule has 0 fully saturated rings. The minimum Gasteiger partial charge on any atom is -0.379 e. The van der Waals surface area contributed by atoms with Gasteiger partial charge in [0.15, 0.2) is 0 Å². The van der Waals surface area contributed by atoms with Gasteiger partial charge in [-0.25, -0.2) is 0 Å². The molecule has 0 bridgehead atoms. The maximum Gasteiger partial charge on any atom is 0.110 e. The zero-order valence-electron chi connectivity index (χ0n) is 8.90. The van der Waals surface area contributed by atoms with E-state index in [0.717, 1.165) is 27.7 Å². The lowest BCUT2D eigenvalue weighted by molar-refractivity contribution is 1.15. The molecule has 2 heterocycles. The lowest BCUT2D eigenvalue weighted by Crippen LogP contribution is -1.97. The van der Waals surface area contributed by atoms with Gasteiger partial charge in [-0.15, -0.1) is 11.3 Å². The lowest BCUT2D eigenvalue weighted by Gasteiger charge is -2.03. The van der Waals surface area contributed by atoms with E-state index >= 15 is 0 Å². The number of aromatic nitrogens is 1. The number of hydrogen-bond acceptors (Lipinski definition) is 4. The van der Waals surface area contributed by atoms with Crippen molar-refractivity contribution in [1.29, 1.82) is 5.26 Å². The summed E-state index contributed by atoms with van der Waals surface area (Å²) in [4.78, 5) is 6.10. The Labute approximate surface area is 98.4 Å². The molecule has 0 aliphatic carbocycles. The fraction of sp³-hybridized carbons (Fsp3) is 0.167. The molecule has 80 valence electrons. The van der Waals surface area contributed by atoms with Crippen molar-refractivity contribution in [1.82, 2.24) is 4.98 Å². The minimum absolute atomic E-state index is 0.733. The molecule has 3 nitrogen and oxygen atoms in total. The van der Waals surface area contributed by atoms with Crippen LogP contribution in [0.15, 0.2) is 30.5 Å². The van der Waals surface area contributed by atoms with Gasteiger partial charge in [0.05, 0.1) is 11.9 Å². The van der Waals surface area contributed by atoms with Crippen molar-refractivity contribution in [3.63, 3.8) is 0 Å². The summed E-state index contributed by atoms with van der Waals surface area (Å²) in [5.74, 6) is 0. The van der Waals surface area contributed by atoms with Crippen LogP contribution < -0.4 is 5.32 Å². The molecule has 0 radical (unpaired) electrons. The van der Waals surface area contributed by atoms with Crippen LogP contribution in [-0.4, -0.2) is 4.98 Å². The zero-order chi connectivity index (χ0) is 11.4. The monoisotopic (exact) mass is 229 g/mol. The van der Waals surface area contributed by atoms with Crippen LogP contribution in [0.4, 0.5) is 5.69 Å². The Morgan fingerprint density at radius 3 is 2.88 bits per heavy atom. The molecule has 4 heteroatoms. The molecule has 0 saturated carbocycles. The molecular weight excluding hydrogens is 218 g/mol. The highest BCUT2D eigenvalue weighted by molar-refractivity contribution is 7.12. The zero-order valence-corrected chi connectivity index (χ0v) is 9.71. The second kappa shape index (κ2) is 4.77. The highest BCUT2D eigenvalue weighted by Gasteiger charge is 1.99. The summed E-state index contributed by atoms with van der Waals surface area (Å²) >= 11 is 1.51. The predicted octanol–water partition coefficient (Wildman–Crippen LogP) is 2.94. The van der Waals surface area contributed by atoms with Crippen molar-refractivity contribution in [2.75, 3.05) is 5.32 Å². The molecule has 2 aromatic heterocycles. The Morgan fingerprint density at radius 1 is 1.38 bits per heavy atom. The van der Waals surface area contributed by atoms with Gasteiger partial charge < -0.3 is 5.32 Å². The Balaban J connectivity index is 1.97. The Bertz CT molecular complexity index is 508. The molecular formula is C12H11N3S. The number of rotatable bonds is 3. The van der Waals surface area contributed by atoms with E-state index in [0.29, 0.717) is 0 Å². The van der Waals surface area contributed by atoms with Crippen LogP contribution in [0.2, 0.25) is 0 Å². The fourth-order valence-corrected chi connectivity index (χ4v) is 2.04. The van der Waals surface area contributed by atoms with E-state index in [9.17, 15) is 0 Å². The van der Waals surface area contributed by atoms with Crippen molar-refractivity contribution in [3.05, 3.63) is 45.9 Å². The van der Waals surface area contributed by atoms with Crippen LogP contribution in [0, 0.1) is 18.3 Å². The number of pyridine rings is 1. The molecule has 0 aliphatic rings. The van der Waals surface area contributed by atoms with Gasteiger partial charge >= 0.3 is 0 Å². The van der Waals surface area contributed by atoms with Gasteiger partial charge in [-0.05, 0) is 31.2 Å². The van der Waals surface area contributed by atoms with E-state index in [-0.39, 0.29) is 0 Å². The average molecular weight is 229 g/mol. The van der Waals surface area contributed by atoms with Crippen molar-refractivity contribution in [2.24, 2.45) is 0 Å². The molecule has 0 unspecified atom stereocenters. The Hall–Kier alpha value is -1.86. The predicted molar refractivity (Wildman–Crippen MR) is 65.3 cm³/mol. The number of aryl methyl sites for hydroxylation is 1. The van der Waals surface area contributed by atoms with Crippen molar-refractivity contribution >= 4 is 17.0 Å². The Kier molecular flexibility index (Phi) is 3.18. The van der Waals surface area contributed by atoms with E-state index in [2.05, 4.69) is 16.4 Å². The third-order valence-electron chi connectivity index (χ3n) is 2.15. The second-order valence-electron chi connectivity index (χ2n) is 3.42. The average Bonchev–Trinajstić information content (AvgIpc) is 2.76. The van der Waals surface area contributed by atoms with E-state index in [1.807, 2.05) is 37.4 Å². The number of hydrogen-bond donors (Lipinski definition) is 1. The van der Waals surface area contributed by atoms with Gasteiger partial charge in [0, 0.05) is 17.1 Å². The number of nitrogens with zero attached hydrogens (tertiary/aromatic N) is 2. The van der Waals surface area contributed by atoms with Gasteiger partial charge in [-0.1, -0.05) is 0 Å². The smallest absolute Gasteiger partial charge is 0.110 e. The first-order chi connectivity index (χ1) is 7.78. The van der Waals surface area contributed by atoms with Crippen LogP contribution in [0.1, 0.15) is 15.4 Å². The molecule has 0 spiro atoms. The molecule has 2 aromatic rings. The van der Waals surface area contributed by atoms with Crippen LogP contribution in [0.3, 0.4) is 0 Å². The highest BCUT2D eigenvalue weighted by atomic mass is 32.1. The summed E-state index contributed by atoms with van der Waals surface area (Å²) in [5.41, 5.74) is 2.01.